The second-order valence-electron chi connectivity index (χ2n) is 5.56. The lowest BCUT2D eigenvalue weighted by atomic mass is 10.0. The summed E-state index contributed by atoms with van der Waals surface area (Å²) in [5.74, 6) is 0.506. The number of aliphatic hydroxyl groups is 1. The Bertz CT molecular complexity index is 1060. The van der Waals surface area contributed by atoms with Gasteiger partial charge in [-0.05, 0) is 52.2 Å². The van der Waals surface area contributed by atoms with Crippen molar-refractivity contribution < 1.29 is 9.52 Å². The Labute approximate surface area is 132 Å². The molecule has 4 aromatic rings. The molecule has 0 amide bonds. The molecule has 2 heterocycles. The van der Waals surface area contributed by atoms with E-state index in [0.717, 1.165) is 27.4 Å². The van der Waals surface area contributed by atoms with Gasteiger partial charge in [0.2, 0.25) is 0 Å². The van der Waals surface area contributed by atoms with Crippen LogP contribution in [0.1, 0.15) is 5.76 Å². The Hall–Kier alpha value is -2.85. The van der Waals surface area contributed by atoms with Gasteiger partial charge in [-0.15, -0.1) is 0 Å². The van der Waals surface area contributed by atoms with Crippen molar-refractivity contribution in [2.24, 2.45) is 0 Å². The first-order chi connectivity index (χ1) is 11.2. The average molecular weight is 305 g/mol. The lowest BCUT2D eigenvalue weighted by Gasteiger charge is -2.05. The highest BCUT2D eigenvalue weighted by Crippen LogP contribution is 2.26. The minimum Gasteiger partial charge on any atom is -0.427 e. The molecule has 2 aromatic carbocycles. The normalized spacial score (nSPS) is 11.3. The molecule has 4 nitrogen and oxygen atoms in total. The Morgan fingerprint density at radius 2 is 1.78 bits per heavy atom. The maximum absolute atomic E-state index is 12.2. The third-order valence-electron chi connectivity index (χ3n) is 4.06. The van der Waals surface area contributed by atoms with Crippen LogP contribution in [0.15, 0.2) is 63.9 Å². The lowest BCUT2D eigenvalue weighted by Crippen LogP contribution is -2.03. The smallest absolute Gasteiger partial charge is 0.343 e. The number of aromatic nitrogens is 1. The summed E-state index contributed by atoms with van der Waals surface area (Å²) in [6.45, 7) is -0.0385. The molecule has 114 valence electrons. The maximum Gasteiger partial charge on any atom is 0.343 e. The topological polar surface area (TPSA) is 66.2 Å². The van der Waals surface area contributed by atoms with E-state index in [1.54, 1.807) is 0 Å². The zero-order valence-electron chi connectivity index (χ0n) is 12.4. The molecular formula is C19H15NO3. The van der Waals surface area contributed by atoms with Crippen LogP contribution in [0.2, 0.25) is 0 Å². The molecule has 0 saturated carbocycles. The number of rotatable bonds is 3. The molecule has 0 aliphatic carbocycles. The van der Waals surface area contributed by atoms with Crippen LogP contribution in [-0.2, 0) is 6.42 Å². The van der Waals surface area contributed by atoms with Crippen LogP contribution < -0.4 is 5.63 Å². The van der Waals surface area contributed by atoms with Crippen LogP contribution in [0.3, 0.4) is 0 Å². The molecule has 0 bridgehead atoms. The predicted octanol–water partition coefficient (Wildman–Crippen LogP) is 3.48. The fourth-order valence-electron chi connectivity index (χ4n) is 2.88. The summed E-state index contributed by atoms with van der Waals surface area (Å²) in [5, 5.41) is 11.5. The van der Waals surface area contributed by atoms with Crippen LogP contribution >= 0.6 is 0 Å². The van der Waals surface area contributed by atoms with Gasteiger partial charge < -0.3 is 14.5 Å². The van der Waals surface area contributed by atoms with Gasteiger partial charge in [-0.2, -0.15) is 0 Å². The number of fused-ring (bicyclic) bond motifs is 2. The maximum atomic E-state index is 12.2. The number of benzene rings is 2. The molecule has 2 N–H and O–H groups in total. The summed E-state index contributed by atoms with van der Waals surface area (Å²) >= 11 is 0. The summed E-state index contributed by atoms with van der Waals surface area (Å²) in [7, 11) is 0. The summed E-state index contributed by atoms with van der Waals surface area (Å²) in [5.41, 5.74) is 2.75. The van der Waals surface area contributed by atoms with E-state index < -0.39 is 0 Å². The quantitative estimate of drug-likeness (QED) is 0.609. The van der Waals surface area contributed by atoms with E-state index in [9.17, 15) is 4.79 Å². The molecule has 4 heteroatoms. The molecule has 23 heavy (non-hydrogen) atoms. The Morgan fingerprint density at radius 3 is 2.65 bits per heavy atom. The molecule has 0 spiro atoms. The van der Waals surface area contributed by atoms with Crippen molar-refractivity contribution in [2.45, 2.75) is 6.42 Å². The Morgan fingerprint density at radius 1 is 0.957 bits per heavy atom. The van der Waals surface area contributed by atoms with Crippen molar-refractivity contribution >= 4 is 21.7 Å². The van der Waals surface area contributed by atoms with E-state index >= 15 is 0 Å². The van der Waals surface area contributed by atoms with E-state index in [1.165, 1.54) is 0 Å². The molecule has 2 aromatic heterocycles. The van der Waals surface area contributed by atoms with E-state index in [0.29, 0.717) is 17.6 Å². The number of aromatic amines is 1. The standard InChI is InChI=1S/C19H15NO3/c21-8-6-16-10-14-2-1-13(11-17(14)19(22)23-16)12-3-4-18-15(9-12)5-7-20-18/h1-5,7,9-11,20-21H,6,8H2. The Balaban J connectivity index is 1.86. The number of hydrogen-bond acceptors (Lipinski definition) is 3. The second kappa shape index (κ2) is 5.41. The van der Waals surface area contributed by atoms with Crippen LogP contribution in [-0.4, -0.2) is 16.7 Å². The third-order valence-corrected chi connectivity index (χ3v) is 4.06. The molecule has 0 aliphatic rings. The zero-order chi connectivity index (χ0) is 15.8. The van der Waals surface area contributed by atoms with Gasteiger partial charge in [0.15, 0.2) is 0 Å². The van der Waals surface area contributed by atoms with Crippen molar-refractivity contribution in [2.75, 3.05) is 6.61 Å². The number of hydrogen-bond donors (Lipinski definition) is 2. The van der Waals surface area contributed by atoms with Gasteiger partial charge in [0.25, 0.3) is 0 Å². The van der Waals surface area contributed by atoms with Crippen molar-refractivity contribution in [3.63, 3.8) is 0 Å². The van der Waals surface area contributed by atoms with E-state index in [1.807, 2.05) is 48.7 Å². The Kier molecular flexibility index (Phi) is 3.24. The van der Waals surface area contributed by atoms with Crippen LogP contribution in [0, 0.1) is 0 Å². The molecule has 0 saturated heterocycles. The van der Waals surface area contributed by atoms with Gasteiger partial charge in [-0.25, -0.2) is 4.79 Å². The average Bonchev–Trinajstić information content (AvgIpc) is 3.02. The van der Waals surface area contributed by atoms with Crippen LogP contribution in [0.25, 0.3) is 32.8 Å². The SMILES string of the molecule is O=c1oc(CCO)cc2ccc(-c3ccc4[nH]ccc4c3)cc12. The van der Waals surface area contributed by atoms with Crippen LogP contribution in [0.4, 0.5) is 0 Å². The van der Waals surface area contributed by atoms with Gasteiger partial charge in [0.05, 0.1) is 12.0 Å². The summed E-state index contributed by atoms with van der Waals surface area (Å²) in [4.78, 5) is 15.3. The van der Waals surface area contributed by atoms with Crippen LogP contribution in [0.5, 0.6) is 0 Å². The van der Waals surface area contributed by atoms with Gasteiger partial charge in [0, 0.05) is 18.1 Å². The largest absolute Gasteiger partial charge is 0.427 e. The van der Waals surface area contributed by atoms with Crippen molar-refractivity contribution in [1.82, 2.24) is 4.98 Å². The predicted molar refractivity (Wildman–Crippen MR) is 90.6 cm³/mol. The molecule has 0 radical (unpaired) electrons. The lowest BCUT2D eigenvalue weighted by molar-refractivity contribution is 0.285. The van der Waals surface area contributed by atoms with Gasteiger partial charge in [-0.1, -0.05) is 18.2 Å². The third kappa shape index (κ3) is 2.43. The minimum absolute atomic E-state index is 0.0385. The number of nitrogens with one attached hydrogen (secondary N) is 1. The first kappa shape index (κ1) is 13.8. The summed E-state index contributed by atoms with van der Waals surface area (Å²) < 4.78 is 5.26. The highest BCUT2D eigenvalue weighted by Gasteiger charge is 2.07. The molecule has 0 atom stereocenters. The van der Waals surface area contributed by atoms with Gasteiger partial charge in [0.1, 0.15) is 5.76 Å². The van der Waals surface area contributed by atoms with Gasteiger partial charge in [-0.3, -0.25) is 0 Å². The summed E-state index contributed by atoms with van der Waals surface area (Å²) in [6.07, 6.45) is 2.25. The van der Waals surface area contributed by atoms with Crippen molar-refractivity contribution in [3.05, 3.63) is 70.9 Å². The van der Waals surface area contributed by atoms with Gasteiger partial charge >= 0.3 is 5.63 Å². The minimum atomic E-state index is -0.365. The van der Waals surface area contributed by atoms with E-state index in [2.05, 4.69) is 11.1 Å². The van der Waals surface area contributed by atoms with Crippen molar-refractivity contribution in [1.29, 1.82) is 0 Å². The molecular weight excluding hydrogens is 290 g/mol. The monoisotopic (exact) mass is 305 g/mol. The fraction of sp³-hybridized carbons (Fsp3) is 0.105. The first-order valence-corrected chi connectivity index (χ1v) is 7.50. The fourth-order valence-corrected chi connectivity index (χ4v) is 2.88. The highest BCUT2D eigenvalue weighted by molar-refractivity contribution is 5.89. The molecule has 0 aliphatic heterocycles. The molecule has 0 fully saturated rings. The number of aliphatic hydroxyl groups excluding tert-OH is 1. The first-order valence-electron chi connectivity index (χ1n) is 7.50. The van der Waals surface area contributed by atoms with Crippen molar-refractivity contribution in [3.8, 4) is 11.1 Å². The number of H-pyrrole nitrogens is 1. The zero-order valence-corrected chi connectivity index (χ0v) is 12.4. The summed E-state index contributed by atoms with van der Waals surface area (Å²) in [6, 6.07) is 15.8. The van der Waals surface area contributed by atoms with E-state index in [4.69, 9.17) is 9.52 Å². The van der Waals surface area contributed by atoms with E-state index in [-0.39, 0.29) is 12.2 Å². The highest BCUT2D eigenvalue weighted by atomic mass is 16.4. The second-order valence-corrected chi connectivity index (χ2v) is 5.56. The molecule has 4 rings (SSSR count). The molecule has 0 unspecified atom stereocenters.